The number of alkyl halides is 54. The first-order chi connectivity index (χ1) is 49.9. The normalized spacial score (nSPS) is 14.1. The summed E-state index contributed by atoms with van der Waals surface area (Å²) in [5, 5.41) is 88.4. The second kappa shape index (κ2) is 49.9. The van der Waals surface area contributed by atoms with Crippen LogP contribution in [0.15, 0.2) is 107 Å². The van der Waals surface area contributed by atoms with Gasteiger partial charge >= 0.3 is 174 Å². The molecule has 0 bridgehead atoms. The van der Waals surface area contributed by atoms with Crippen molar-refractivity contribution in [3.05, 3.63) is 107 Å². The summed E-state index contributed by atoms with van der Waals surface area (Å²) in [4.78, 5) is 88.4. The van der Waals surface area contributed by atoms with Gasteiger partial charge in [0.2, 0.25) is 0 Å². The van der Waals surface area contributed by atoms with Crippen LogP contribution in [0.2, 0.25) is 0 Å². The van der Waals surface area contributed by atoms with Gasteiger partial charge in [-0.1, -0.05) is 0 Å². The molecule has 0 aliphatic carbocycles. The number of ketones is 9. The summed E-state index contributed by atoms with van der Waals surface area (Å²) >= 11 is 0. The van der Waals surface area contributed by atoms with E-state index in [2.05, 4.69) is 0 Å². The molecule has 18 nitrogen and oxygen atoms in total. The zero-order valence-electron chi connectivity index (χ0n) is 52.2. The molecule has 0 saturated carbocycles. The molecule has 0 aromatic carbocycles. The first kappa shape index (κ1) is 137. The van der Waals surface area contributed by atoms with Crippen molar-refractivity contribution in [3.63, 3.8) is 0 Å². The van der Waals surface area contributed by atoms with Gasteiger partial charge in [0, 0.05) is 0 Å². The smallest absolute Gasteiger partial charge is 0.869 e. The molecule has 0 saturated heterocycles. The van der Waals surface area contributed by atoms with Gasteiger partial charge in [0.25, 0.3) is 52.0 Å². The van der Waals surface area contributed by atoms with E-state index < -0.39 is 270 Å². The Bertz CT molecular complexity index is 2870. The minimum atomic E-state index is -5.46. The molecule has 0 fully saturated rings. The standard InChI is InChI=1S/9C5H2F6O2.3Mo/c9*6-4(7,8)2(12)1-3(13)5(9,10)11;;;/h9*1,12H;;;/q;;;;;;;;;3*+3/p-9/b9*2-1-;;;. The third-order valence-corrected chi connectivity index (χ3v) is 7.39. The molecule has 0 aliphatic heterocycles. The summed E-state index contributed by atoms with van der Waals surface area (Å²) in [5.74, 6) is -50.8. The van der Waals surface area contributed by atoms with E-state index in [1.807, 2.05) is 0 Å². The van der Waals surface area contributed by atoms with Crippen molar-refractivity contribution in [1.29, 1.82) is 0 Å². The topological polar surface area (TPSA) is 361 Å². The molecule has 75 heteroatoms. The van der Waals surface area contributed by atoms with Crippen LogP contribution in [0.1, 0.15) is 0 Å². The van der Waals surface area contributed by atoms with Gasteiger partial charge in [-0.05, 0) is 107 Å². The van der Waals surface area contributed by atoms with Gasteiger partial charge in [-0.3, -0.25) is 43.2 Å². The molecular formula is C45H9F54Mo3O18. The maximum atomic E-state index is 11.3. The SMILES string of the molecule is O=C(/C=C(\[O-])C(F)(F)F)C(F)(F)F.O=C(/C=C(\[O-])C(F)(F)F)C(F)(F)F.O=C(/C=C(\[O-])C(F)(F)F)C(F)(F)F.O=C(/C=C(\[O-])C(F)(F)F)C(F)(F)F.O=C(/C=C(\[O-])C(F)(F)F)C(F)(F)F.O=C(/C=C(\[O-])C(F)(F)F)C(F)(F)F.O=C(/C=C(\[O-])C(F)(F)F)C(F)(F)F.O=C(/C=C(\[O-])C(F)(F)F)C(F)(F)F.O=C(/C=C(\[O-])C(F)(F)F)C(F)(F)F.[Mo+3].[Mo+3].[Mo+3]. The molecule has 693 valence electrons. The number of hydrogen-bond donors (Lipinski definition) is 0. The molecule has 0 amide bonds. The van der Waals surface area contributed by atoms with Crippen molar-refractivity contribution in [1.82, 2.24) is 0 Å². The fourth-order valence-electron chi connectivity index (χ4n) is 2.54. The molecule has 3 radical (unpaired) electrons. The number of carbonyl (C=O) groups is 9. The summed E-state index contributed by atoms with van der Waals surface area (Å²) in [7, 11) is 0. The van der Waals surface area contributed by atoms with Crippen LogP contribution in [0, 0.1) is 0 Å². The zero-order chi connectivity index (χ0) is 97.8. The molecule has 0 spiro atoms. The summed E-state index contributed by atoms with van der Waals surface area (Å²) in [6.07, 6.45) is -107. The Morgan fingerprint density at radius 1 is 0.117 bits per heavy atom. The molecule has 0 unspecified atom stereocenters. The van der Waals surface area contributed by atoms with Crippen molar-refractivity contribution in [3.8, 4) is 0 Å². The largest absolute Gasteiger partial charge is 3.00 e. The van der Waals surface area contributed by atoms with Gasteiger partial charge in [0.15, 0.2) is 0 Å². The number of carbonyl (C=O) groups excluding carboxylic acids is 9. The minimum absolute atomic E-state index is 0. The van der Waals surface area contributed by atoms with Gasteiger partial charge in [-0.2, -0.15) is 237 Å². The maximum absolute atomic E-state index is 11.3. The minimum Gasteiger partial charge on any atom is -0.869 e. The van der Waals surface area contributed by atoms with E-state index in [1.165, 1.54) is 0 Å². The van der Waals surface area contributed by atoms with E-state index in [9.17, 15) is 326 Å². The van der Waals surface area contributed by atoms with Gasteiger partial charge in [0.05, 0.1) is 0 Å². The van der Waals surface area contributed by atoms with Gasteiger partial charge in [-0.15, -0.1) is 0 Å². The van der Waals surface area contributed by atoms with E-state index in [4.69, 9.17) is 0 Å². The van der Waals surface area contributed by atoms with Crippen molar-refractivity contribution in [2.75, 3.05) is 0 Å². The van der Waals surface area contributed by atoms with Crippen LogP contribution in [-0.2, 0) is 106 Å². The third-order valence-electron chi connectivity index (χ3n) is 7.39. The first-order valence-electron chi connectivity index (χ1n) is 23.6. The van der Waals surface area contributed by atoms with E-state index in [1.54, 1.807) is 0 Å². The van der Waals surface area contributed by atoms with E-state index >= 15 is 0 Å². The van der Waals surface area contributed by atoms with Crippen LogP contribution in [0.5, 0.6) is 0 Å². The van der Waals surface area contributed by atoms with E-state index in [-0.39, 0.29) is 63.2 Å². The Morgan fingerprint density at radius 2 is 0.158 bits per heavy atom. The fraction of sp³-hybridized carbons (Fsp3) is 0.400. The molecular weight excluding hydrogens is 2140 g/mol. The Balaban J connectivity index is -0.000000109. The summed E-state index contributed by atoms with van der Waals surface area (Å²) < 4.78 is 610. The van der Waals surface area contributed by atoms with E-state index in [0.717, 1.165) is 0 Å². The van der Waals surface area contributed by atoms with Crippen LogP contribution in [0.4, 0.5) is 237 Å². The molecule has 0 aliphatic rings. The van der Waals surface area contributed by atoms with Crippen LogP contribution in [-0.4, -0.2) is 163 Å². The number of allylic oxidation sites excluding steroid dienone is 18. The van der Waals surface area contributed by atoms with Crippen molar-refractivity contribution >= 4 is 52.0 Å². The van der Waals surface area contributed by atoms with Gasteiger partial charge in [-0.25, -0.2) is 0 Å². The Morgan fingerprint density at radius 3 is 0.183 bits per heavy atom. The zero-order valence-corrected chi connectivity index (χ0v) is 58.2. The molecule has 0 aromatic rings. The predicted octanol–water partition coefficient (Wildman–Crippen LogP) is 8.31. The number of rotatable bonds is 9. The number of halogens is 54. The summed E-state index contributed by atoms with van der Waals surface area (Å²) in [6, 6.07) is 0. The van der Waals surface area contributed by atoms with Crippen LogP contribution in [0.3, 0.4) is 0 Å². The van der Waals surface area contributed by atoms with Crippen LogP contribution < -0.4 is 46.0 Å². The summed E-state index contributed by atoms with van der Waals surface area (Å²) in [6.45, 7) is 0. The molecule has 0 rings (SSSR count). The fourth-order valence-corrected chi connectivity index (χ4v) is 2.54. The molecule has 0 atom stereocenters. The van der Waals surface area contributed by atoms with Crippen LogP contribution >= 0.6 is 0 Å². The third kappa shape index (κ3) is 69.9. The predicted molar refractivity (Wildman–Crippen MR) is 227 cm³/mol. The molecule has 0 N–H and O–H groups in total. The molecule has 120 heavy (non-hydrogen) atoms. The van der Waals surface area contributed by atoms with Crippen molar-refractivity contribution in [2.45, 2.75) is 111 Å². The number of hydrogen-bond acceptors (Lipinski definition) is 18. The van der Waals surface area contributed by atoms with E-state index in [0.29, 0.717) is 0 Å². The average molecular weight is 2150 g/mol. The van der Waals surface area contributed by atoms with Crippen molar-refractivity contribution < 1.29 is 389 Å². The Kier molecular flexibility index (Phi) is 57.1. The van der Waals surface area contributed by atoms with Crippen molar-refractivity contribution in [2.24, 2.45) is 0 Å². The van der Waals surface area contributed by atoms with Gasteiger partial charge < -0.3 is 46.0 Å². The molecule has 0 aromatic heterocycles. The van der Waals surface area contributed by atoms with Gasteiger partial charge in [0.1, 0.15) is 0 Å². The van der Waals surface area contributed by atoms with Crippen LogP contribution in [0.25, 0.3) is 0 Å². The first-order valence-corrected chi connectivity index (χ1v) is 23.6. The maximum Gasteiger partial charge on any atom is 3.00 e. The summed E-state index contributed by atoms with van der Waals surface area (Å²) in [5.41, 5.74) is 0. The average Bonchev–Trinajstić information content (AvgIpc) is 0.916. The quantitative estimate of drug-likeness (QED) is 0.0906. The second-order valence-corrected chi connectivity index (χ2v) is 16.8. The Labute approximate surface area is 657 Å². The molecule has 0 heterocycles. The second-order valence-electron chi connectivity index (χ2n) is 16.8. The monoisotopic (exact) mass is 2160 g/mol. The Hall–Kier alpha value is -8.83.